The molecule has 0 bridgehead atoms. The number of piperidine rings is 1. The van der Waals surface area contributed by atoms with Gasteiger partial charge in [-0.15, -0.1) is 0 Å². The zero-order valence-corrected chi connectivity index (χ0v) is 10.5. The van der Waals surface area contributed by atoms with Crippen LogP contribution in [0.2, 0.25) is 0 Å². The number of hydrogen-bond donors (Lipinski definition) is 1. The molecule has 2 heterocycles. The molecule has 0 radical (unpaired) electrons. The van der Waals surface area contributed by atoms with Crippen molar-refractivity contribution < 1.29 is 4.79 Å². The summed E-state index contributed by atoms with van der Waals surface area (Å²) in [6, 6.07) is 0. The summed E-state index contributed by atoms with van der Waals surface area (Å²) >= 11 is 0. The Morgan fingerprint density at radius 1 is 1.65 bits per heavy atom. The van der Waals surface area contributed by atoms with Gasteiger partial charge >= 0.3 is 0 Å². The topological polar surface area (TPSA) is 52.2 Å². The molecule has 1 fully saturated rings. The van der Waals surface area contributed by atoms with Crippen molar-refractivity contribution in [1.82, 2.24) is 19.8 Å². The number of aromatic amines is 1. The number of likely N-dealkylation sites (tertiary alicyclic amines) is 1. The van der Waals surface area contributed by atoms with Crippen molar-refractivity contribution in [2.24, 2.45) is 0 Å². The van der Waals surface area contributed by atoms with Gasteiger partial charge in [-0.2, -0.15) is 0 Å². The number of amides is 1. The molecule has 5 nitrogen and oxygen atoms in total. The molecule has 5 heteroatoms. The Bertz CT molecular complexity index is 361. The summed E-state index contributed by atoms with van der Waals surface area (Å²) in [5, 5.41) is 0. The second-order valence-corrected chi connectivity index (χ2v) is 4.89. The summed E-state index contributed by atoms with van der Waals surface area (Å²) in [5.41, 5.74) is 0. The number of nitrogens with one attached hydrogen (secondary N) is 1. The number of carbonyl (C=O) groups is 1. The predicted octanol–water partition coefficient (Wildman–Crippen LogP) is 0.677. The molecule has 1 amide bonds. The maximum absolute atomic E-state index is 12.0. The van der Waals surface area contributed by atoms with Crippen molar-refractivity contribution in [3.63, 3.8) is 0 Å². The second-order valence-electron chi connectivity index (χ2n) is 4.89. The van der Waals surface area contributed by atoms with Gasteiger partial charge in [-0.25, -0.2) is 4.98 Å². The molecule has 0 aliphatic carbocycles. The Balaban J connectivity index is 1.95. The Morgan fingerprint density at radius 2 is 2.47 bits per heavy atom. The highest BCUT2D eigenvalue weighted by atomic mass is 16.2. The first-order chi connectivity index (χ1) is 8.16. The predicted molar refractivity (Wildman–Crippen MR) is 65.7 cm³/mol. The van der Waals surface area contributed by atoms with Crippen LogP contribution in [-0.2, 0) is 4.79 Å². The van der Waals surface area contributed by atoms with Gasteiger partial charge < -0.3 is 14.8 Å². The molecular weight excluding hydrogens is 216 g/mol. The molecule has 1 unspecified atom stereocenters. The minimum Gasteiger partial charge on any atom is -0.348 e. The highest BCUT2D eigenvalue weighted by molar-refractivity contribution is 5.78. The normalized spacial score (nSPS) is 20.9. The molecule has 0 saturated carbocycles. The average molecular weight is 236 g/mol. The standard InChI is InChI=1S/C12H20N4O/c1-15(2)9-11(17)16-7-3-4-10(8-16)12-13-5-6-14-12/h5-6,10H,3-4,7-9H2,1-2H3,(H,13,14). The number of nitrogens with zero attached hydrogens (tertiary/aromatic N) is 3. The van der Waals surface area contributed by atoms with Gasteiger partial charge in [-0.05, 0) is 26.9 Å². The molecule has 0 spiro atoms. The van der Waals surface area contributed by atoms with Crippen LogP contribution in [0.3, 0.4) is 0 Å². The summed E-state index contributed by atoms with van der Waals surface area (Å²) < 4.78 is 0. The van der Waals surface area contributed by atoms with Crippen molar-refractivity contribution in [2.45, 2.75) is 18.8 Å². The number of rotatable bonds is 3. The van der Waals surface area contributed by atoms with E-state index in [-0.39, 0.29) is 5.91 Å². The number of carbonyl (C=O) groups excluding carboxylic acids is 1. The van der Waals surface area contributed by atoms with Gasteiger partial charge in [-0.3, -0.25) is 4.79 Å². The highest BCUT2D eigenvalue weighted by Crippen LogP contribution is 2.24. The van der Waals surface area contributed by atoms with E-state index in [0.29, 0.717) is 12.5 Å². The highest BCUT2D eigenvalue weighted by Gasteiger charge is 2.25. The Labute approximate surface area is 102 Å². The molecule has 1 atom stereocenters. The van der Waals surface area contributed by atoms with Crippen molar-refractivity contribution in [2.75, 3.05) is 33.7 Å². The van der Waals surface area contributed by atoms with E-state index in [9.17, 15) is 4.79 Å². The van der Waals surface area contributed by atoms with E-state index in [0.717, 1.165) is 31.8 Å². The number of aromatic nitrogens is 2. The lowest BCUT2D eigenvalue weighted by Gasteiger charge is -2.32. The number of likely N-dealkylation sites (N-methyl/N-ethyl adjacent to an activating group) is 1. The summed E-state index contributed by atoms with van der Waals surface area (Å²) in [7, 11) is 3.84. The zero-order chi connectivity index (χ0) is 12.3. The molecule has 94 valence electrons. The van der Waals surface area contributed by atoms with Gasteiger partial charge in [0.25, 0.3) is 0 Å². The monoisotopic (exact) mass is 236 g/mol. The molecule has 2 rings (SSSR count). The third kappa shape index (κ3) is 3.06. The molecular formula is C12H20N4O. The van der Waals surface area contributed by atoms with Crippen LogP contribution in [0.15, 0.2) is 12.4 Å². The maximum Gasteiger partial charge on any atom is 0.236 e. The van der Waals surface area contributed by atoms with Crippen LogP contribution in [-0.4, -0.2) is 59.4 Å². The van der Waals surface area contributed by atoms with Crippen LogP contribution in [0, 0.1) is 0 Å². The SMILES string of the molecule is CN(C)CC(=O)N1CCCC(c2ncc[nH]2)C1. The molecule has 17 heavy (non-hydrogen) atoms. The van der Waals surface area contributed by atoms with E-state index in [4.69, 9.17) is 0 Å². The van der Waals surface area contributed by atoms with Crippen LogP contribution >= 0.6 is 0 Å². The van der Waals surface area contributed by atoms with Crippen LogP contribution in [0.25, 0.3) is 0 Å². The van der Waals surface area contributed by atoms with E-state index >= 15 is 0 Å². The largest absolute Gasteiger partial charge is 0.348 e. The van der Waals surface area contributed by atoms with Crippen LogP contribution in [0.5, 0.6) is 0 Å². The fraction of sp³-hybridized carbons (Fsp3) is 0.667. The Morgan fingerprint density at radius 3 is 3.12 bits per heavy atom. The number of imidazole rings is 1. The van der Waals surface area contributed by atoms with Gasteiger partial charge in [0, 0.05) is 31.4 Å². The molecule has 1 N–H and O–H groups in total. The minimum absolute atomic E-state index is 0.214. The molecule has 0 aromatic carbocycles. The van der Waals surface area contributed by atoms with Gasteiger partial charge in [0.2, 0.25) is 5.91 Å². The average Bonchev–Trinajstić information content (AvgIpc) is 2.82. The van der Waals surface area contributed by atoms with Gasteiger partial charge in [0.15, 0.2) is 0 Å². The molecule has 1 saturated heterocycles. The quantitative estimate of drug-likeness (QED) is 0.839. The lowest BCUT2D eigenvalue weighted by atomic mass is 9.97. The first kappa shape index (κ1) is 12.1. The van der Waals surface area contributed by atoms with Crippen molar-refractivity contribution in [3.8, 4) is 0 Å². The van der Waals surface area contributed by atoms with E-state index in [1.807, 2.05) is 30.1 Å². The molecule has 1 aliphatic heterocycles. The van der Waals surface area contributed by atoms with E-state index in [2.05, 4.69) is 9.97 Å². The lowest BCUT2D eigenvalue weighted by Crippen LogP contribution is -2.43. The summed E-state index contributed by atoms with van der Waals surface area (Å²) in [4.78, 5) is 23.3. The molecule has 1 aromatic heterocycles. The number of H-pyrrole nitrogens is 1. The summed E-state index contributed by atoms with van der Waals surface area (Å²) in [6.45, 7) is 2.16. The summed E-state index contributed by atoms with van der Waals surface area (Å²) in [5.74, 6) is 1.59. The van der Waals surface area contributed by atoms with Crippen molar-refractivity contribution in [1.29, 1.82) is 0 Å². The van der Waals surface area contributed by atoms with Gasteiger partial charge in [0.05, 0.1) is 6.54 Å². The van der Waals surface area contributed by atoms with E-state index < -0.39 is 0 Å². The summed E-state index contributed by atoms with van der Waals surface area (Å²) in [6.07, 6.45) is 5.79. The maximum atomic E-state index is 12.0. The van der Waals surface area contributed by atoms with Gasteiger partial charge in [0.1, 0.15) is 5.82 Å². The lowest BCUT2D eigenvalue weighted by molar-refractivity contribution is -0.133. The third-order valence-corrected chi connectivity index (χ3v) is 3.13. The fourth-order valence-electron chi connectivity index (χ4n) is 2.30. The second kappa shape index (κ2) is 5.31. The zero-order valence-electron chi connectivity index (χ0n) is 10.5. The third-order valence-electron chi connectivity index (χ3n) is 3.13. The molecule has 1 aromatic rings. The first-order valence-electron chi connectivity index (χ1n) is 6.08. The van der Waals surface area contributed by atoms with Crippen molar-refractivity contribution >= 4 is 5.91 Å². The smallest absolute Gasteiger partial charge is 0.236 e. The van der Waals surface area contributed by atoms with Gasteiger partial charge in [-0.1, -0.05) is 0 Å². The first-order valence-corrected chi connectivity index (χ1v) is 6.08. The van der Waals surface area contributed by atoms with Crippen molar-refractivity contribution in [3.05, 3.63) is 18.2 Å². The van der Waals surface area contributed by atoms with Crippen LogP contribution in [0.1, 0.15) is 24.6 Å². The minimum atomic E-state index is 0.214. The van der Waals surface area contributed by atoms with E-state index in [1.165, 1.54) is 0 Å². The Kier molecular flexibility index (Phi) is 3.78. The van der Waals surface area contributed by atoms with Crippen LogP contribution < -0.4 is 0 Å². The number of hydrogen-bond acceptors (Lipinski definition) is 3. The Hall–Kier alpha value is -1.36. The van der Waals surface area contributed by atoms with E-state index in [1.54, 1.807) is 6.20 Å². The van der Waals surface area contributed by atoms with Crippen LogP contribution in [0.4, 0.5) is 0 Å². The fourth-order valence-corrected chi connectivity index (χ4v) is 2.30. The molecule has 1 aliphatic rings.